The summed E-state index contributed by atoms with van der Waals surface area (Å²) in [5, 5.41) is 5.86. The number of halogens is 1. The van der Waals surface area contributed by atoms with E-state index in [1.807, 2.05) is 24.1 Å². The third-order valence-corrected chi connectivity index (χ3v) is 5.61. The fraction of sp³-hybridized carbons (Fsp3) is 0.368. The summed E-state index contributed by atoms with van der Waals surface area (Å²) in [6, 6.07) is 5.49. The summed E-state index contributed by atoms with van der Waals surface area (Å²) in [6.45, 7) is 2.67. The number of hydrogen-bond donors (Lipinski definition) is 0. The van der Waals surface area contributed by atoms with E-state index in [0.717, 1.165) is 28.2 Å². The van der Waals surface area contributed by atoms with Crippen LogP contribution in [0.2, 0.25) is 5.02 Å². The molecule has 0 aliphatic carbocycles. The Balaban J connectivity index is 1.27. The number of anilines is 1. The molecular weight excluding hydrogens is 380 g/mol. The summed E-state index contributed by atoms with van der Waals surface area (Å²) in [7, 11) is 1.86. The fourth-order valence-corrected chi connectivity index (χ4v) is 4.09. The molecule has 3 aromatic rings. The quantitative estimate of drug-likeness (QED) is 0.653. The van der Waals surface area contributed by atoms with Gasteiger partial charge in [0.15, 0.2) is 11.8 Å². The van der Waals surface area contributed by atoms with Crippen molar-refractivity contribution in [3.63, 3.8) is 0 Å². The third kappa shape index (κ3) is 2.84. The van der Waals surface area contributed by atoms with Crippen LogP contribution in [0, 0.1) is 0 Å². The van der Waals surface area contributed by atoms with E-state index < -0.39 is 6.10 Å². The normalized spacial score (nSPS) is 19.0. The van der Waals surface area contributed by atoms with Gasteiger partial charge >= 0.3 is 0 Å². The van der Waals surface area contributed by atoms with Crippen LogP contribution in [0.3, 0.4) is 0 Å². The minimum atomic E-state index is -0.468. The predicted octanol–water partition coefficient (Wildman–Crippen LogP) is 1.67. The summed E-state index contributed by atoms with van der Waals surface area (Å²) in [4.78, 5) is 25.7. The van der Waals surface area contributed by atoms with Gasteiger partial charge in [0.25, 0.3) is 5.91 Å². The summed E-state index contributed by atoms with van der Waals surface area (Å²) < 4.78 is 7.59. The minimum Gasteiger partial charge on any atom is -0.480 e. The number of carbonyl (C=O) groups excluding carboxylic acids is 1. The average Bonchev–Trinajstić information content (AvgIpc) is 3.31. The first-order valence-corrected chi connectivity index (χ1v) is 9.59. The van der Waals surface area contributed by atoms with Crippen molar-refractivity contribution in [3.05, 3.63) is 41.3 Å². The van der Waals surface area contributed by atoms with E-state index >= 15 is 0 Å². The molecule has 9 heteroatoms. The van der Waals surface area contributed by atoms with Crippen LogP contribution in [-0.2, 0) is 18.3 Å². The molecule has 0 spiro atoms. The molecule has 8 nitrogen and oxygen atoms in total. The highest BCUT2D eigenvalue weighted by Gasteiger charge is 2.34. The second-order valence-electron chi connectivity index (χ2n) is 7.08. The molecular formula is C19H19ClN6O2. The number of ether oxygens (including phenoxy) is 1. The van der Waals surface area contributed by atoms with Gasteiger partial charge in [-0.3, -0.25) is 9.48 Å². The maximum Gasteiger partial charge on any atom is 0.264 e. The SMILES string of the molecule is Cn1ncc2c(N3CCN(C(=O)C4Cc5cc(Cl)ccc5O4)CC3)ncnc21. The summed E-state index contributed by atoms with van der Waals surface area (Å²) in [6.07, 6.45) is 3.45. The number of amides is 1. The second kappa shape index (κ2) is 6.63. The number of rotatable bonds is 2. The van der Waals surface area contributed by atoms with Crippen molar-refractivity contribution in [2.24, 2.45) is 7.05 Å². The molecule has 0 N–H and O–H groups in total. The van der Waals surface area contributed by atoms with E-state index in [1.165, 1.54) is 0 Å². The molecule has 0 saturated carbocycles. The number of benzene rings is 1. The van der Waals surface area contributed by atoms with Gasteiger partial charge in [0.05, 0.1) is 11.6 Å². The molecule has 1 unspecified atom stereocenters. The van der Waals surface area contributed by atoms with Gasteiger partial charge in [-0.15, -0.1) is 0 Å². The fourth-order valence-electron chi connectivity index (χ4n) is 3.90. The first kappa shape index (κ1) is 17.2. The van der Waals surface area contributed by atoms with Crippen molar-refractivity contribution in [2.75, 3.05) is 31.1 Å². The zero-order valence-electron chi connectivity index (χ0n) is 15.4. The zero-order chi connectivity index (χ0) is 19.3. The number of fused-ring (bicyclic) bond motifs is 2. The molecule has 0 bridgehead atoms. The molecule has 1 amide bonds. The minimum absolute atomic E-state index is 0.0289. The van der Waals surface area contributed by atoms with E-state index in [9.17, 15) is 4.79 Å². The number of piperazine rings is 1. The molecule has 1 aromatic carbocycles. The van der Waals surface area contributed by atoms with Crippen LogP contribution in [0.4, 0.5) is 5.82 Å². The first-order chi connectivity index (χ1) is 13.6. The van der Waals surface area contributed by atoms with E-state index in [4.69, 9.17) is 16.3 Å². The number of hydrogen-bond acceptors (Lipinski definition) is 6. The molecule has 1 atom stereocenters. The summed E-state index contributed by atoms with van der Waals surface area (Å²) >= 11 is 6.04. The molecule has 2 aliphatic heterocycles. The summed E-state index contributed by atoms with van der Waals surface area (Å²) in [5.74, 6) is 1.65. The number of aryl methyl sites for hydroxylation is 1. The van der Waals surface area contributed by atoms with E-state index in [2.05, 4.69) is 20.0 Å². The Kier molecular flexibility index (Phi) is 4.08. The van der Waals surface area contributed by atoms with E-state index in [0.29, 0.717) is 37.6 Å². The molecule has 1 saturated heterocycles. The number of carbonyl (C=O) groups is 1. The van der Waals surface area contributed by atoms with Crippen molar-refractivity contribution < 1.29 is 9.53 Å². The highest BCUT2D eigenvalue weighted by molar-refractivity contribution is 6.30. The van der Waals surface area contributed by atoms with Gasteiger partial charge < -0.3 is 14.5 Å². The van der Waals surface area contributed by atoms with Crippen LogP contribution in [0.25, 0.3) is 11.0 Å². The molecule has 4 heterocycles. The molecule has 1 fully saturated rings. The molecule has 2 aliphatic rings. The lowest BCUT2D eigenvalue weighted by atomic mass is 10.1. The van der Waals surface area contributed by atoms with E-state index in [-0.39, 0.29) is 5.91 Å². The van der Waals surface area contributed by atoms with Gasteiger partial charge in [-0.2, -0.15) is 5.10 Å². The van der Waals surface area contributed by atoms with Crippen molar-refractivity contribution in [3.8, 4) is 5.75 Å². The first-order valence-electron chi connectivity index (χ1n) is 9.21. The standard InChI is InChI=1S/C19H19ClN6O2/c1-24-17-14(10-23-24)18(22-11-21-17)25-4-6-26(7-5-25)19(27)16-9-12-8-13(20)2-3-15(12)28-16/h2-3,8,10-11,16H,4-7,9H2,1H3. The maximum atomic E-state index is 12.9. The average molecular weight is 399 g/mol. The van der Waals surface area contributed by atoms with E-state index in [1.54, 1.807) is 23.3 Å². The van der Waals surface area contributed by atoms with Gasteiger partial charge in [-0.25, -0.2) is 9.97 Å². The topological polar surface area (TPSA) is 76.4 Å². The molecule has 2 aromatic heterocycles. The lowest BCUT2D eigenvalue weighted by Gasteiger charge is -2.36. The largest absolute Gasteiger partial charge is 0.480 e. The third-order valence-electron chi connectivity index (χ3n) is 5.37. The highest BCUT2D eigenvalue weighted by atomic mass is 35.5. The van der Waals surface area contributed by atoms with Gasteiger partial charge in [0.2, 0.25) is 0 Å². The van der Waals surface area contributed by atoms with Crippen molar-refractivity contribution >= 4 is 34.4 Å². The predicted molar refractivity (Wildman–Crippen MR) is 105 cm³/mol. The monoisotopic (exact) mass is 398 g/mol. The van der Waals surface area contributed by atoms with Crippen LogP contribution >= 0.6 is 11.6 Å². The zero-order valence-corrected chi connectivity index (χ0v) is 16.1. The van der Waals surface area contributed by atoms with Crippen molar-refractivity contribution in [2.45, 2.75) is 12.5 Å². The van der Waals surface area contributed by atoms with Crippen LogP contribution in [0.15, 0.2) is 30.7 Å². The van der Waals surface area contributed by atoms with Gasteiger partial charge in [-0.1, -0.05) is 11.6 Å². The molecule has 5 rings (SSSR count). The van der Waals surface area contributed by atoms with Crippen LogP contribution in [0.5, 0.6) is 5.75 Å². The number of aromatic nitrogens is 4. The Morgan fingerprint density at radius 2 is 2.04 bits per heavy atom. The lowest BCUT2D eigenvalue weighted by Crippen LogP contribution is -2.52. The van der Waals surface area contributed by atoms with Gasteiger partial charge in [0, 0.05) is 44.7 Å². The summed E-state index contributed by atoms with van der Waals surface area (Å²) in [5.41, 5.74) is 1.80. The Morgan fingerprint density at radius 3 is 2.86 bits per heavy atom. The van der Waals surface area contributed by atoms with Crippen molar-refractivity contribution in [1.82, 2.24) is 24.6 Å². The lowest BCUT2D eigenvalue weighted by molar-refractivity contribution is -0.138. The Morgan fingerprint density at radius 1 is 1.21 bits per heavy atom. The molecule has 144 valence electrons. The van der Waals surface area contributed by atoms with Crippen LogP contribution in [-0.4, -0.2) is 62.8 Å². The van der Waals surface area contributed by atoms with Gasteiger partial charge in [-0.05, 0) is 23.8 Å². The van der Waals surface area contributed by atoms with Crippen LogP contribution in [0.1, 0.15) is 5.56 Å². The molecule has 0 radical (unpaired) electrons. The maximum absolute atomic E-state index is 12.9. The highest BCUT2D eigenvalue weighted by Crippen LogP contribution is 2.32. The molecule has 28 heavy (non-hydrogen) atoms. The van der Waals surface area contributed by atoms with Crippen LogP contribution < -0.4 is 9.64 Å². The Hall–Kier alpha value is -2.87. The van der Waals surface area contributed by atoms with Gasteiger partial charge in [0.1, 0.15) is 17.9 Å². The number of nitrogens with zero attached hydrogens (tertiary/aromatic N) is 6. The van der Waals surface area contributed by atoms with Crippen molar-refractivity contribution in [1.29, 1.82) is 0 Å². The smallest absolute Gasteiger partial charge is 0.264 e. The second-order valence-corrected chi connectivity index (χ2v) is 7.51. The Bertz CT molecular complexity index is 1060. The Labute approximate surface area is 166 Å².